The van der Waals surface area contributed by atoms with Crippen LogP contribution in [0.5, 0.6) is 0 Å². The highest BCUT2D eigenvalue weighted by Crippen LogP contribution is 2.20. The lowest BCUT2D eigenvalue weighted by molar-refractivity contribution is 0.0741. The van der Waals surface area contributed by atoms with Crippen LogP contribution in [-0.4, -0.2) is 60.8 Å². The molecule has 3 rings (SSSR count). The maximum atomic E-state index is 12.9. The molecule has 2 heterocycles. The summed E-state index contributed by atoms with van der Waals surface area (Å²) in [6.45, 7) is 2.40. The molecule has 8 heteroatoms. The second-order valence-corrected chi connectivity index (χ2v) is 9.20. The fourth-order valence-electron chi connectivity index (χ4n) is 3.22. The van der Waals surface area contributed by atoms with Crippen LogP contribution in [0.25, 0.3) is 0 Å². The first-order valence-corrected chi connectivity index (χ1v) is 10.7. The normalized spacial score (nSPS) is 18.3. The summed E-state index contributed by atoms with van der Waals surface area (Å²) in [5, 5.41) is 0. The van der Waals surface area contributed by atoms with E-state index < -0.39 is 9.84 Å². The second-order valence-electron chi connectivity index (χ2n) is 6.97. The lowest BCUT2D eigenvalue weighted by atomic mass is 10.2. The van der Waals surface area contributed by atoms with Gasteiger partial charge in [-0.3, -0.25) is 4.79 Å². The number of carbonyl (C=O) groups is 1. The van der Waals surface area contributed by atoms with Gasteiger partial charge in [0, 0.05) is 32.7 Å². The predicted molar refractivity (Wildman–Crippen MR) is 104 cm³/mol. The average Bonchev–Trinajstić information content (AvgIpc) is 3.00. The quantitative estimate of drug-likeness (QED) is 0.775. The van der Waals surface area contributed by atoms with Gasteiger partial charge in [0.05, 0.1) is 11.5 Å². The molecule has 1 fully saturated rings. The number of nitrogens with zero attached hydrogens (tertiary/aromatic N) is 4. The Morgan fingerprint density at radius 2 is 1.89 bits per heavy atom. The van der Waals surface area contributed by atoms with E-state index in [1.807, 2.05) is 42.3 Å². The summed E-state index contributed by atoms with van der Waals surface area (Å²) in [7, 11) is 0.495. The third kappa shape index (κ3) is 4.63. The van der Waals surface area contributed by atoms with E-state index in [1.54, 1.807) is 20.0 Å². The van der Waals surface area contributed by atoms with Gasteiger partial charge in [-0.15, -0.1) is 0 Å². The van der Waals surface area contributed by atoms with E-state index in [0.717, 1.165) is 5.56 Å². The number of sulfone groups is 1. The minimum atomic E-state index is -3.06. The molecular formula is C19H24N4O3S. The zero-order chi connectivity index (χ0) is 19.6. The Hall–Kier alpha value is -2.48. The number of rotatable bonds is 5. The van der Waals surface area contributed by atoms with Crippen LogP contribution in [0.15, 0.2) is 36.4 Å². The molecule has 0 bridgehead atoms. The largest absolute Gasteiger partial charge is 0.355 e. The fraction of sp³-hybridized carbons (Fsp3) is 0.421. The summed E-state index contributed by atoms with van der Waals surface area (Å²) in [5.74, 6) is 1.02. The van der Waals surface area contributed by atoms with Crippen molar-refractivity contribution in [3.63, 3.8) is 0 Å². The molecule has 1 aromatic heterocycles. The van der Waals surface area contributed by atoms with Gasteiger partial charge >= 0.3 is 0 Å². The number of amides is 1. The SMILES string of the molecule is Cc1nc(C(=O)N(C)C2CCS(=O)(=O)C2)cc(N(C)Cc2ccccc2)n1. The highest BCUT2D eigenvalue weighted by atomic mass is 32.2. The maximum Gasteiger partial charge on any atom is 0.272 e. The number of aromatic nitrogens is 2. The Kier molecular flexibility index (Phi) is 5.46. The van der Waals surface area contributed by atoms with E-state index in [4.69, 9.17) is 0 Å². The molecule has 144 valence electrons. The molecule has 27 heavy (non-hydrogen) atoms. The van der Waals surface area contributed by atoms with Crippen molar-refractivity contribution >= 4 is 21.6 Å². The molecule has 0 saturated carbocycles. The molecule has 2 aromatic rings. The van der Waals surface area contributed by atoms with Gasteiger partial charge in [0.25, 0.3) is 5.91 Å². The smallest absolute Gasteiger partial charge is 0.272 e. The summed E-state index contributed by atoms with van der Waals surface area (Å²) in [4.78, 5) is 25.0. The van der Waals surface area contributed by atoms with E-state index in [2.05, 4.69) is 9.97 Å². The molecule has 0 spiro atoms. The third-order valence-corrected chi connectivity index (χ3v) is 6.52. The summed E-state index contributed by atoms with van der Waals surface area (Å²) in [5.41, 5.74) is 1.42. The summed E-state index contributed by atoms with van der Waals surface area (Å²) < 4.78 is 23.4. The van der Waals surface area contributed by atoms with Crippen LogP contribution in [0.3, 0.4) is 0 Å². The lowest BCUT2D eigenvalue weighted by Crippen LogP contribution is -2.38. The molecule has 7 nitrogen and oxygen atoms in total. The molecule has 1 aliphatic rings. The van der Waals surface area contributed by atoms with Gasteiger partial charge in [-0.2, -0.15) is 0 Å². The van der Waals surface area contributed by atoms with Crippen molar-refractivity contribution < 1.29 is 13.2 Å². The van der Waals surface area contributed by atoms with E-state index in [1.165, 1.54) is 4.90 Å². The van der Waals surface area contributed by atoms with Gasteiger partial charge in [0.15, 0.2) is 9.84 Å². The average molecular weight is 388 g/mol. The molecule has 0 radical (unpaired) electrons. The standard InChI is InChI=1S/C19H24N4O3S/c1-14-20-17(19(24)23(3)16-9-10-27(25,26)13-16)11-18(21-14)22(2)12-15-7-5-4-6-8-15/h4-8,11,16H,9-10,12-13H2,1-3H3. The number of carbonyl (C=O) groups excluding carboxylic acids is 1. The van der Waals surface area contributed by atoms with E-state index in [0.29, 0.717) is 24.6 Å². The van der Waals surface area contributed by atoms with Crippen molar-refractivity contribution in [2.75, 3.05) is 30.5 Å². The number of aryl methyl sites for hydroxylation is 1. The Morgan fingerprint density at radius 3 is 2.52 bits per heavy atom. The van der Waals surface area contributed by atoms with E-state index in [-0.39, 0.29) is 29.1 Å². The Labute approximate surface area is 160 Å². The van der Waals surface area contributed by atoms with Gasteiger partial charge in [0.2, 0.25) is 0 Å². The van der Waals surface area contributed by atoms with E-state index in [9.17, 15) is 13.2 Å². The highest BCUT2D eigenvalue weighted by molar-refractivity contribution is 7.91. The topological polar surface area (TPSA) is 83.5 Å². The molecular weight excluding hydrogens is 364 g/mol. The van der Waals surface area contributed by atoms with Crippen LogP contribution in [0.4, 0.5) is 5.82 Å². The second kappa shape index (κ2) is 7.64. The molecule has 1 unspecified atom stereocenters. The molecule has 1 saturated heterocycles. The molecule has 0 aliphatic carbocycles. The van der Waals surface area contributed by atoms with Crippen LogP contribution in [-0.2, 0) is 16.4 Å². The number of hydrogen-bond donors (Lipinski definition) is 0. The molecule has 1 aliphatic heterocycles. The molecule has 1 amide bonds. The summed E-state index contributed by atoms with van der Waals surface area (Å²) in [6, 6.07) is 11.4. The minimum Gasteiger partial charge on any atom is -0.355 e. The van der Waals surface area contributed by atoms with Gasteiger partial charge in [0.1, 0.15) is 17.3 Å². The van der Waals surface area contributed by atoms with Crippen LogP contribution in [0, 0.1) is 6.92 Å². The fourth-order valence-corrected chi connectivity index (χ4v) is 5.00. The van der Waals surface area contributed by atoms with Gasteiger partial charge in [-0.25, -0.2) is 18.4 Å². The Balaban J connectivity index is 1.79. The van der Waals surface area contributed by atoms with Crippen molar-refractivity contribution in [2.24, 2.45) is 0 Å². The van der Waals surface area contributed by atoms with Crippen molar-refractivity contribution in [3.05, 3.63) is 53.5 Å². The van der Waals surface area contributed by atoms with Crippen molar-refractivity contribution in [2.45, 2.75) is 25.9 Å². The van der Waals surface area contributed by atoms with Gasteiger partial charge in [-0.05, 0) is 18.9 Å². The van der Waals surface area contributed by atoms with Crippen LogP contribution < -0.4 is 4.90 Å². The van der Waals surface area contributed by atoms with Crippen LogP contribution in [0.2, 0.25) is 0 Å². The predicted octanol–water partition coefficient (Wildman–Crippen LogP) is 1.68. The van der Waals surface area contributed by atoms with Gasteiger partial charge < -0.3 is 9.80 Å². The van der Waals surface area contributed by atoms with Gasteiger partial charge in [-0.1, -0.05) is 30.3 Å². The molecule has 1 aromatic carbocycles. The van der Waals surface area contributed by atoms with Crippen LogP contribution in [0.1, 0.15) is 28.3 Å². The monoisotopic (exact) mass is 388 g/mol. The summed E-state index contributed by atoms with van der Waals surface area (Å²) >= 11 is 0. The zero-order valence-corrected chi connectivity index (χ0v) is 16.6. The van der Waals surface area contributed by atoms with Crippen LogP contribution >= 0.6 is 0 Å². The number of anilines is 1. The minimum absolute atomic E-state index is 0.0140. The highest BCUT2D eigenvalue weighted by Gasteiger charge is 2.33. The maximum absolute atomic E-state index is 12.9. The Bertz CT molecular complexity index is 931. The summed E-state index contributed by atoms with van der Waals surface area (Å²) in [6.07, 6.45) is 0.468. The third-order valence-electron chi connectivity index (χ3n) is 4.77. The van der Waals surface area contributed by atoms with E-state index >= 15 is 0 Å². The number of hydrogen-bond acceptors (Lipinski definition) is 6. The zero-order valence-electron chi connectivity index (χ0n) is 15.8. The first-order chi connectivity index (χ1) is 12.7. The first-order valence-electron chi connectivity index (χ1n) is 8.83. The Morgan fingerprint density at radius 1 is 1.19 bits per heavy atom. The molecule has 1 atom stereocenters. The molecule has 0 N–H and O–H groups in total. The first kappa shape index (κ1) is 19.3. The lowest BCUT2D eigenvalue weighted by Gasteiger charge is -2.24. The number of benzene rings is 1. The van der Waals surface area contributed by atoms with Crippen molar-refractivity contribution in [1.29, 1.82) is 0 Å². The van der Waals surface area contributed by atoms with Crippen molar-refractivity contribution in [1.82, 2.24) is 14.9 Å². The van der Waals surface area contributed by atoms with Crippen molar-refractivity contribution in [3.8, 4) is 0 Å².